The lowest BCUT2D eigenvalue weighted by atomic mass is 10.2. The Hall–Kier alpha value is -1.87. The Labute approximate surface area is 140 Å². The third-order valence-electron chi connectivity index (χ3n) is 3.34. The lowest BCUT2D eigenvalue weighted by molar-refractivity contribution is -0.119. The van der Waals surface area contributed by atoms with Gasteiger partial charge in [0.25, 0.3) is 5.56 Å². The van der Waals surface area contributed by atoms with Crippen molar-refractivity contribution in [3.8, 4) is 0 Å². The number of fused-ring (bicyclic) bond motifs is 1. The fourth-order valence-electron chi connectivity index (χ4n) is 1.90. The molecule has 9 heteroatoms. The zero-order valence-electron chi connectivity index (χ0n) is 13.2. The average Bonchev–Trinajstić information content (AvgIpc) is 2.79. The summed E-state index contributed by atoms with van der Waals surface area (Å²) in [6.07, 6.45) is -0.792. The Kier molecular flexibility index (Phi) is 5.42. The Morgan fingerprint density at radius 3 is 2.78 bits per heavy atom. The number of thiophene rings is 1. The van der Waals surface area contributed by atoms with Crippen LogP contribution in [-0.4, -0.2) is 34.3 Å². The van der Waals surface area contributed by atoms with Gasteiger partial charge in [0.2, 0.25) is 5.91 Å². The number of nitrogens with zero attached hydrogens (tertiary/aromatic N) is 1. The quantitative estimate of drug-likeness (QED) is 0.871. The molecule has 0 aliphatic rings. The van der Waals surface area contributed by atoms with E-state index in [0.717, 1.165) is 10.4 Å². The summed E-state index contributed by atoms with van der Waals surface area (Å²) in [6, 6.07) is 0. The minimum Gasteiger partial charge on any atom is -0.453 e. The molecule has 0 fully saturated rings. The van der Waals surface area contributed by atoms with Crippen molar-refractivity contribution in [3.05, 3.63) is 26.6 Å². The fraction of sp³-hybridized carbons (Fsp3) is 0.429. The molecule has 0 bridgehead atoms. The van der Waals surface area contributed by atoms with Gasteiger partial charge in [0.15, 0.2) is 0 Å². The van der Waals surface area contributed by atoms with Crippen LogP contribution in [-0.2, 0) is 15.3 Å². The van der Waals surface area contributed by atoms with Crippen molar-refractivity contribution in [3.63, 3.8) is 0 Å². The van der Waals surface area contributed by atoms with Gasteiger partial charge in [-0.05, 0) is 26.3 Å². The van der Waals surface area contributed by atoms with Crippen molar-refractivity contribution in [2.45, 2.75) is 31.8 Å². The summed E-state index contributed by atoms with van der Waals surface area (Å²) in [5.41, 5.74) is 0.780. The van der Waals surface area contributed by atoms with Crippen molar-refractivity contribution < 1.29 is 14.3 Å². The Bertz CT molecular complexity index is 812. The normalized spacial score (nSPS) is 12.2. The highest BCUT2D eigenvalue weighted by molar-refractivity contribution is 7.99. The molecule has 2 rings (SSSR count). The molecule has 1 atom stereocenters. The first-order chi connectivity index (χ1) is 10.8. The standard InChI is InChI=1S/C14H17N3O4S2/c1-6-7(2)23-13-10(6)12(19)15-9(16-13)5-22-8(3)11(18)17-14(20)21-4/h8H,5H2,1-4H3,(H,15,16,19)(H,17,18,20)/t8-/m1/s1. The maximum atomic E-state index is 12.2. The molecule has 0 saturated heterocycles. The van der Waals surface area contributed by atoms with E-state index < -0.39 is 17.3 Å². The Morgan fingerprint density at radius 2 is 2.13 bits per heavy atom. The number of aromatic nitrogens is 2. The van der Waals surface area contributed by atoms with E-state index in [0.29, 0.717) is 21.8 Å². The molecular formula is C14H17N3O4S2. The van der Waals surface area contributed by atoms with Gasteiger partial charge in [0, 0.05) is 4.88 Å². The molecule has 2 N–H and O–H groups in total. The van der Waals surface area contributed by atoms with Gasteiger partial charge in [-0.15, -0.1) is 23.1 Å². The number of amides is 2. The second kappa shape index (κ2) is 7.14. The number of carbonyl (C=O) groups is 2. The summed E-state index contributed by atoms with van der Waals surface area (Å²) in [5.74, 6) is 0.413. The smallest absolute Gasteiger partial charge is 0.413 e. The van der Waals surface area contributed by atoms with Crippen LogP contribution in [0.1, 0.15) is 23.2 Å². The summed E-state index contributed by atoms with van der Waals surface area (Å²) >= 11 is 2.75. The number of aryl methyl sites for hydroxylation is 2. The molecule has 2 amide bonds. The number of aromatic amines is 1. The molecule has 2 heterocycles. The van der Waals surface area contributed by atoms with Crippen molar-refractivity contribution in [1.29, 1.82) is 0 Å². The predicted octanol–water partition coefficient (Wildman–Crippen LogP) is 2.11. The summed E-state index contributed by atoms with van der Waals surface area (Å²) < 4.78 is 4.37. The molecule has 7 nitrogen and oxygen atoms in total. The maximum absolute atomic E-state index is 12.2. The molecule has 0 unspecified atom stereocenters. The molecule has 0 radical (unpaired) electrons. The molecular weight excluding hydrogens is 338 g/mol. The van der Waals surface area contributed by atoms with E-state index in [9.17, 15) is 14.4 Å². The van der Waals surface area contributed by atoms with Gasteiger partial charge in [-0.3, -0.25) is 14.9 Å². The van der Waals surface area contributed by atoms with Gasteiger partial charge in [-0.25, -0.2) is 9.78 Å². The number of carbonyl (C=O) groups excluding carboxylic acids is 2. The molecule has 0 spiro atoms. The minimum absolute atomic E-state index is 0.167. The number of methoxy groups -OCH3 is 1. The monoisotopic (exact) mass is 355 g/mol. The number of nitrogens with one attached hydrogen (secondary N) is 2. The van der Waals surface area contributed by atoms with Gasteiger partial charge in [-0.2, -0.15) is 0 Å². The van der Waals surface area contributed by atoms with Crippen LogP contribution >= 0.6 is 23.1 Å². The highest BCUT2D eigenvalue weighted by Gasteiger charge is 2.18. The Morgan fingerprint density at radius 1 is 1.43 bits per heavy atom. The lowest BCUT2D eigenvalue weighted by Gasteiger charge is -2.10. The van der Waals surface area contributed by atoms with Crippen molar-refractivity contribution in [1.82, 2.24) is 15.3 Å². The largest absolute Gasteiger partial charge is 0.453 e. The summed E-state index contributed by atoms with van der Waals surface area (Å²) in [6.45, 7) is 5.52. The topological polar surface area (TPSA) is 101 Å². The van der Waals surface area contributed by atoms with E-state index in [1.165, 1.54) is 30.2 Å². The van der Waals surface area contributed by atoms with Crippen molar-refractivity contribution in [2.75, 3.05) is 7.11 Å². The van der Waals surface area contributed by atoms with Gasteiger partial charge >= 0.3 is 6.09 Å². The Balaban J connectivity index is 2.09. The first-order valence-electron chi connectivity index (χ1n) is 6.82. The molecule has 2 aromatic heterocycles. The molecule has 0 saturated carbocycles. The van der Waals surface area contributed by atoms with Crippen LogP contribution in [0.25, 0.3) is 10.2 Å². The minimum atomic E-state index is -0.792. The lowest BCUT2D eigenvalue weighted by Crippen LogP contribution is -2.36. The first kappa shape index (κ1) is 17.5. The molecule has 0 aromatic carbocycles. The van der Waals surface area contributed by atoms with E-state index in [2.05, 4.69) is 20.0 Å². The fourth-order valence-corrected chi connectivity index (χ4v) is 3.70. The third kappa shape index (κ3) is 3.91. The second-order valence-electron chi connectivity index (χ2n) is 4.91. The van der Waals surface area contributed by atoms with E-state index in [1.54, 1.807) is 6.92 Å². The maximum Gasteiger partial charge on any atom is 0.413 e. The molecule has 124 valence electrons. The summed E-state index contributed by atoms with van der Waals surface area (Å²) in [7, 11) is 1.19. The summed E-state index contributed by atoms with van der Waals surface area (Å²) in [4.78, 5) is 43.9. The van der Waals surface area contributed by atoms with Gasteiger partial charge in [0.1, 0.15) is 10.7 Å². The van der Waals surface area contributed by atoms with Crippen LogP contribution in [0.5, 0.6) is 0 Å². The van der Waals surface area contributed by atoms with Crippen LogP contribution in [0.2, 0.25) is 0 Å². The number of rotatable bonds is 4. The molecule has 0 aliphatic carbocycles. The highest BCUT2D eigenvalue weighted by Crippen LogP contribution is 2.26. The van der Waals surface area contributed by atoms with E-state index in [1.807, 2.05) is 13.8 Å². The van der Waals surface area contributed by atoms with Gasteiger partial charge < -0.3 is 9.72 Å². The van der Waals surface area contributed by atoms with Crippen LogP contribution in [0.4, 0.5) is 4.79 Å². The number of hydrogen-bond donors (Lipinski definition) is 2. The van der Waals surface area contributed by atoms with Gasteiger partial charge in [0.05, 0.1) is 23.5 Å². The first-order valence-corrected chi connectivity index (χ1v) is 8.69. The summed E-state index contributed by atoms with van der Waals surface area (Å²) in [5, 5.41) is 2.24. The van der Waals surface area contributed by atoms with Crippen LogP contribution in [0, 0.1) is 13.8 Å². The van der Waals surface area contributed by atoms with Crippen LogP contribution < -0.4 is 10.9 Å². The third-order valence-corrected chi connectivity index (χ3v) is 5.59. The van der Waals surface area contributed by atoms with Crippen molar-refractivity contribution in [2.24, 2.45) is 0 Å². The number of imide groups is 1. The molecule has 0 aliphatic heterocycles. The van der Waals surface area contributed by atoms with Crippen molar-refractivity contribution >= 4 is 45.3 Å². The SMILES string of the molecule is COC(=O)NC(=O)[C@@H](C)SCc1nc2sc(C)c(C)c2c(=O)[nH]1. The van der Waals surface area contributed by atoms with Crippen LogP contribution in [0.3, 0.4) is 0 Å². The number of H-pyrrole nitrogens is 1. The van der Waals surface area contributed by atoms with E-state index in [-0.39, 0.29) is 5.56 Å². The molecule has 23 heavy (non-hydrogen) atoms. The van der Waals surface area contributed by atoms with Gasteiger partial charge in [-0.1, -0.05) is 0 Å². The van der Waals surface area contributed by atoms with Crippen LogP contribution in [0.15, 0.2) is 4.79 Å². The number of thioether (sulfide) groups is 1. The van der Waals surface area contributed by atoms with E-state index >= 15 is 0 Å². The zero-order valence-corrected chi connectivity index (χ0v) is 14.8. The predicted molar refractivity (Wildman–Crippen MR) is 91.0 cm³/mol. The zero-order chi connectivity index (χ0) is 17.1. The average molecular weight is 355 g/mol. The van der Waals surface area contributed by atoms with E-state index in [4.69, 9.17) is 0 Å². The second-order valence-corrected chi connectivity index (χ2v) is 7.44. The number of ether oxygens (including phenoxy) is 1. The number of alkyl carbamates (subject to hydrolysis) is 1. The molecule has 2 aromatic rings. The number of hydrogen-bond acceptors (Lipinski definition) is 7. The highest BCUT2D eigenvalue weighted by atomic mass is 32.2.